The molecule has 96 valence electrons. The Hall–Kier alpha value is -1.24. The molecule has 0 spiro atoms. The molecule has 1 saturated heterocycles. The van der Waals surface area contributed by atoms with Crippen LogP contribution in [0.3, 0.4) is 0 Å². The molecular formula is C12H13BrN2O3. The summed E-state index contributed by atoms with van der Waals surface area (Å²) < 4.78 is 0.940. The molecule has 1 heterocycles. The third-order valence-electron chi connectivity index (χ3n) is 3.00. The molecule has 0 bridgehead atoms. The van der Waals surface area contributed by atoms with Crippen LogP contribution in [-0.4, -0.2) is 42.5 Å². The molecule has 2 atom stereocenters. The molecule has 2 N–H and O–H groups in total. The molecule has 18 heavy (non-hydrogen) atoms. The number of halogens is 1. The fraction of sp³-hybridized carbons (Fsp3) is 0.333. The van der Waals surface area contributed by atoms with E-state index in [1.165, 1.54) is 0 Å². The largest absolute Gasteiger partial charge is 0.395 e. The van der Waals surface area contributed by atoms with E-state index in [0.717, 1.165) is 10.2 Å². The molecule has 1 aliphatic rings. The number of carbonyl (C=O) groups is 2. The number of rotatable bonds is 4. The van der Waals surface area contributed by atoms with Gasteiger partial charge < -0.3 is 10.0 Å². The number of aldehydes is 1. The number of aliphatic hydroxyl groups is 1. The summed E-state index contributed by atoms with van der Waals surface area (Å²) in [6.07, 6.45) is 0.312. The zero-order valence-corrected chi connectivity index (χ0v) is 11.1. The summed E-state index contributed by atoms with van der Waals surface area (Å²) >= 11 is 3.34. The molecule has 2 unspecified atom stereocenters. The minimum atomic E-state index is -0.645. The lowest BCUT2D eigenvalue weighted by atomic mass is 10.1. The molecule has 1 aromatic carbocycles. The van der Waals surface area contributed by atoms with E-state index >= 15 is 0 Å². The monoisotopic (exact) mass is 312 g/mol. The van der Waals surface area contributed by atoms with Gasteiger partial charge in [0.15, 0.2) is 6.29 Å². The number of hydrogen-bond acceptors (Lipinski definition) is 5. The van der Waals surface area contributed by atoms with Crippen LogP contribution in [0.5, 0.6) is 0 Å². The van der Waals surface area contributed by atoms with Crippen LogP contribution in [0.4, 0.5) is 5.69 Å². The number of nitrogens with one attached hydrogen (secondary N) is 1. The number of hydrogen-bond donors (Lipinski definition) is 2. The SMILES string of the molecule is O=CC(=O)C1C(CO)NCN1c1ccc(Br)cc1. The number of benzene rings is 1. The molecule has 0 aliphatic carbocycles. The van der Waals surface area contributed by atoms with E-state index < -0.39 is 17.9 Å². The summed E-state index contributed by atoms with van der Waals surface area (Å²) in [5.41, 5.74) is 0.835. The van der Waals surface area contributed by atoms with E-state index in [4.69, 9.17) is 0 Å². The zero-order chi connectivity index (χ0) is 13.1. The van der Waals surface area contributed by atoms with Gasteiger partial charge in [-0.3, -0.25) is 14.9 Å². The van der Waals surface area contributed by atoms with Gasteiger partial charge in [-0.25, -0.2) is 0 Å². The second-order valence-electron chi connectivity index (χ2n) is 4.06. The molecule has 0 amide bonds. The molecule has 0 saturated carbocycles. The van der Waals surface area contributed by atoms with Gasteiger partial charge >= 0.3 is 0 Å². The first-order chi connectivity index (χ1) is 8.67. The van der Waals surface area contributed by atoms with E-state index in [0.29, 0.717) is 13.0 Å². The number of carbonyl (C=O) groups excluding carboxylic acids is 2. The summed E-state index contributed by atoms with van der Waals surface area (Å²) in [7, 11) is 0. The van der Waals surface area contributed by atoms with Crippen LogP contribution in [-0.2, 0) is 9.59 Å². The number of nitrogens with zero attached hydrogens (tertiary/aromatic N) is 1. The predicted molar refractivity (Wildman–Crippen MR) is 70.4 cm³/mol. The van der Waals surface area contributed by atoms with Crippen LogP contribution >= 0.6 is 15.9 Å². The van der Waals surface area contributed by atoms with Crippen molar-refractivity contribution in [3.05, 3.63) is 28.7 Å². The highest BCUT2D eigenvalue weighted by Crippen LogP contribution is 2.24. The summed E-state index contributed by atoms with van der Waals surface area (Å²) in [6, 6.07) is 6.39. The smallest absolute Gasteiger partial charge is 0.219 e. The van der Waals surface area contributed by atoms with E-state index in [1.54, 1.807) is 4.90 Å². The van der Waals surface area contributed by atoms with Gasteiger partial charge in [-0.05, 0) is 24.3 Å². The van der Waals surface area contributed by atoms with Crippen molar-refractivity contribution in [1.29, 1.82) is 0 Å². The van der Waals surface area contributed by atoms with Crippen molar-refractivity contribution in [3.8, 4) is 0 Å². The van der Waals surface area contributed by atoms with Gasteiger partial charge in [0.25, 0.3) is 0 Å². The van der Waals surface area contributed by atoms with Crippen molar-refractivity contribution >= 4 is 33.7 Å². The maximum Gasteiger partial charge on any atom is 0.219 e. The summed E-state index contributed by atoms with van der Waals surface area (Å²) in [5.74, 6) is -0.526. The predicted octanol–water partition coefficient (Wildman–Crippen LogP) is 0.314. The second kappa shape index (κ2) is 5.60. The molecule has 1 aliphatic heterocycles. The Kier molecular flexibility index (Phi) is 4.11. The summed E-state index contributed by atoms with van der Waals surface area (Å²) in [6.45, 7) is 0.244. The van der Waals surface area contributed by atoms with Gasteiger partial charge in [0.2, 0.25) is 5.78 Å². The Bertz CT molecular complexity index is 449. The number of ketones is 1. The van der Waals surface area contributed by atoms with Gasteiger partial charge in [0.05, 0.1) is 19.3 Å². The Labute approximate surface area is 113 Å². The maximum atomic E-state index is 11.7. The Morgan fingerprint density at radius 3 is 2.72 bits per heavy atom. The number of aliphatic hydroxyl groups excluding tert-OH is 1. The third-order valence-corrected chi connectivity index (χ3v) is 3.53. The molecule has 6 heteroatoms. The van der Waals surface area contributed by atoms with E-state index in [2.05, 4.69) is 21.2 Å². The van der Waals surface area contributed by atoms with E-state index in [1.807, 2.05) is 24.3 Å². The normalized spacial score (nSPS) is 23.1. The fourth-order valence-electron chi connectivity index (χ4n) is 2.11. The number of anilines is 1. The molecule has 5 nitrogen and oxygen atoms in total. The van der Waals surface area contributed by atoms with Crippen LogP contribution in [0.1, 0.15) is 0 Å². The van der Waals surface area contributed by atoms with Gasteiger partial charge in [-0.1, -0.05) is 15.9 Å². The average molecular weight is 313 g/mol. The van der Waals surface area contributed by atoms with Gasteiger partial charge in [-0.2, -0.15) is 0 Å². The molecule has 1 fully saturated rings. The zero-order valence-electron chi connectivity index (χ0n) is 9.54. The van der Waals surface area contributed by atoms with Crippen molar-refractivity contribution in [2.75, 3.05) is 18.2 Å². The second-order valence-corrected chi connectivity index (χ2v) is 4.98. The molecule has 2 rings (SSSR count). The van der Waals surface area contributed by atoms with Gasteiger partial charge in [-0.15, -0.1) is 0 Å². The van der Waals surface area contributed by atoms with Crippen molar-refractivity contribution in [2.45, 2.75) is 12.1 Å². The molecule has 0 aromatic heterocycles. The van der Waals surface area contributed by atoms with Crippen molar-refractivity contribution < 1.29 is 14.7 Å². The van der Waals surface area contributed by atoms with Crippen LogP contribution in [0, 0.1) is 0 Å². The van der Waals surface area contributed by atoms with Crippen LogP contribution in [0.2, 0.25) is 0 Å². The highest BCUT2D eigenvalue weighted by atomic mass is 79.9. The lowest BCUT2D eigenvalue weighted by Gasteiger charge is -2.25. The van der Waals surface area contributed by atoms with Gasteiger partial charge in [0.1, 0.15) is 6.04 Å². The molecule has 0 radical (unpaired) electrons. The van der Waals surface area contributed by atoms with E-state index in [-0.39, 0.29) is 6.61 Å². The summed E-state index contributed by atoms with van der Waals surface area (Å²) in [4.78, 5) is 24.1. The fourth-order valence-corrected chi connectivity index (χ4v) is 2.38. The molecule has 1 aromatic rings. The first kappa shape index (κ1) is 13.2. The van der Waals surface area contributed by atoms with Gasteiger partial charge in [0, 0.05) is 10.2 Å². The minimum Gasteiger partial charge on any atom is -0.395 e. The number of Topliss-reactive ketones (excluding diaryl/α,β-unsaturated/α-hetero) is 1. The van der Waals surface area contributed by atoms with Crippen molar-refractivity contribution in [1.82, 2.24) is 5.32 Å². The highest BCUT2D eigenvalue weighted by molar-refractivity contribution is 9.10. The van der Waals surface area contributed by atoms with Crippen LogP contribution in [0.15, 0.2) is 28.7 Å². The maximum absolute atomic E-state index is 11.7. The van der Waals surface area contributed by atoms with Crippen LogP contribution < -0.4 is 10.2 Å². The lowest BCUT2D eigenvalue weighted by molar-refractivity contribution is -0.131. The van der Waals surface area contributed by atoms with E-state index in [9.17, 15) is 14.7 Å². The quantitative estimate of drug-likeness (QED) is 0.619. The standard InChI is InChI=1S/C12H13BrN2O3/c13-8-1-3-9(4-2-8)15-7-14-10(5-16)12(15)11(18)6-17/h1-4,6,10,12,14,16H,5,7H2. The van der Waals surface area contributed by atoms with Crippen molar-refractivity contribution in [3.63, 3.8) is 0 Å². The third kappa shape index (κ3) is 2.45. The summed E-state index contributed by atoms with van der Waals surface area (Å²) in [5, 5.41) is 12.2. The Balaban J connectivity index is 2.28. The Morgan fingerprint density at radius 1 is 1.50 bits per heavy atom. The average Bonchev–Trinajstić information content (AvgIpc) is 2.82. The Morgan fingerprint density at radius 2 is 2.17 bits per heavy atom. The van der Waals surface area contributed by atoms with Crippen LogP contribution in [0.25, 0.3) is 0 Å². The minimum absolute atomic E-state index is 0.183. The topological polar surface area (TPSA) is 69.6 Å². The first-order valence-corrected chi connectivity index (χ1v) is 6.32. The first-order valence-electron chi connectivity index (χ1n) is 5.53. The van der Waals surface area contributed by atoms with Crippen molar-refractivity contribution in [2.24, 2.45) is 0 Å². The lowest BCUT2D eigenvalue weighted by Crippen LogP contribution is -2.45. The molecular weight excluding hydrogens is 300 g/mol. The highest BCUT2D eigenvalue weighted by Gasteiger charge is 2.38.